The van der Waals surface area contributed by atoms with Crippen LogP contribution in [0.1, 0.15) is 28.4 Å². The summed E-state index contributed by atoms with van der Waals surface area (Å²) in [5.74, 6) is 0.864. The number of hydrogen-bond acceptors (Lipinski definition) is 5. The summed E-state index contributed by atoms with van der Waals surface area (Å²) in [7, 11) is -0.867. The molecular formula is C24H24N2O5S. The van der Waals surface area contributed by atoms with Gasteiger partial charge in [0, 0.05) is 12.7 Å². The van der Waals surface area contributed by atoms with Gasteiger partial charge < -0.3 is 14.4 Å². The maximum absolute atomic E-state index is 13.1. The van der Waals surface area contributed by atoms with E-state index in [4.69, 9.17) is 9.47 Å². The fraction of sp³-hybridized carbons (Fsp3) is 0.208. The Bertz CT molecular complexity index is 1320. The molecule has 8 heteroatoms. The molecule has 1 N–H and O–H groups in total. The van der Waals surface area contributed by atoms with Gasteiger partial charge in [0.2, 0.25) is 0 Å². The summed E-state index contributed by atoms with van der Waals surface area (Å²) in [5.41, 5.74) is 3.02. The Morgan fingerprint density at radius 3 is 2.50 bits per heavy atom. The van der Waals surface area contributed by atoms with Crippen molar-refractivity contribution in [3.63, 3.8) is 0 Å². The smallest absolute Gasteiger partial charge is 0.265 e. The van der Waals surface area contributed by atoms with Crippen LogP contribution in [0.2, 0.25) is 0 Å². The largest absolute Gasteiger partial charge is 0.495 e. The molecule has 0 atom stereocenters. The van der Waals surface area contributed by atoms with E-state index in [0.717, 1.165) is 11.1 Å². The van der Waals surface area contributed by atoms with Crippen molar-refractivity contribution in [1.82, 2.24) is 0 Å². The lowest BCUT2D eigenvalue weighted by molar-refractivity contribution is 0.0993. The molecule has 1 amide bonds. The summed E-state index contributed by atoms with van der Waals surface area (Å²) in [4.78, 5) is 14.7. The van der Waals surface area contributed by atoms with Gasteiger partial charge in [-0.15, -0.1) is 0 Å². The first-order valence-corrected chi connectivity index (χ1v) is 11.6. The van der Waals surface area contributed by atoms with Gasteiger partial charge in [-0.2, -0.15) is 0 Å². The van der Waals surface area contributed by atoms with Gasteiger partial charge in [0.15, 0.2) is 5.75 Å². The second-order valence-electron chi connectivity index (χ2n) is 7.59. The number of carbonyl (C=O) groups is 1. The molecule has 0 saturated carbocycles. The lowest BCUT2D eigenvalue weighted by Crippen LogP contribution is -2.25. The predicted octanol–water partition coefficient (Wildman–Crippen LogP) is 4.75. The van der Waals surface area contributed by atoms with Crippen molar-refractivity contribution in [2.24, 2.45) is 0 Å². The van der Waals surface area contributed by atoms with Crippen molar-refractivity contribution < 1.29 is 22.7 Å². The van der Waals surface area contributed by atoms with Crippen LogP contribution in [-0.2, 0) is 16.4 Å². The second kappa shape index (κ2) is 8.20. The summed E-state index contributed by atoms with van der Waals surface area (Å²) < 4.78 is 40.0. The van der Waals surface area contributed by atoms with Crippen LogP contribution in [0.15, 0.2) is 59.5 Å². The van der Waals surface area contributed by atoms with Gasteiger partial charge in [-0.05, 0) is 66.9 Å². The van der Waals surface area contributed by atoms with Crippen molar-refractivity contribution in [2.45, 2.75) is 25.2 Å². The molecule has 0 fully saturated rings. The molecule has 0 saturated heterocycles. The van der Waals surface area contributed by atoms with E-state index in [-0.39, 0.29) is 27.8 Å². The van der Waals surface area contributed by atoms with Gasteiger partial charge in [0.1, 0.15) is 16.4 Å². The third-order valence-corrected chi connectivity index (χ3v) is 6.79. The highest BCUT2D eigenvalue weighted by Crippen LogP contribution is 2.40. The van der Waals surface area contributed by atoms with E-state index in [1.54, 1.807) is 31.3 Å². The number of nitrogens with one attached hydrogen (secondary N) is 1. The van der Waals surface area contributed by atoms with E-state index in [1.165, 1.54) is 18.1 Å². The van der Waals surface area contributed by atoms with Crippen molar-refractivity contribution in [2.75, 3.05) is 23.8 Å². The zero-order valence-corrected chi connectivity index (χ0v) is 19.1. The normalized spacial score (nSPS) is 13.0. The Morgan fingerprint density at radius 2 is 1.78 bits per heavy atom. The van der Waals surface area contributed by atoms with Gasteiger partial charge in [-0.1, -0.05) is 19.1 Å². The topological polar surface area (TPSA) is 84.9 Å². The Balaban J connectivity index is 1.72. The van der Waals surface area contributed by atoms with Gasteiger partial charge >= 0.3 is 0 Å². The van der Waals surface area contributed by atoms with E-state index >= 15 is 0 Å². The number of benzene rings is 3. The first-order valence-electron chi connectivity index (χ1n) is 10.1. The highest BCUT2D eigenvalue weighted by molar-refractivity contribution is 7.92. The molecule has 32 heavy (non-hydrogen) atoms. The fourth-order valence-electron chi connectivity index (χ4n) is 3.60. The van der Waals surface area contributed by atoms with Gasteiger partial charge in [0.05, 0.1) is 18.4 Å². The van der Waals surface area contributed by atoms with Crippen LogP contribution in [0.5, 0.6) is 17.2 Å². The molecule has 4 rings (SSSR count). The molecule has 0 spiro atoms. The van der Waals surface area contributed by atoms with Gasteiger partial charge in [-0.25, -0.2) is 8.42 Å². The summed E-state index contributed by atoms with van der Waals surface area (Å²) in [6, 6.07) is 15.3. The molecule has 3 aromatic rings. The number of hydrogen-bond donors (Lipinski definition) is 1. The minimum absolute atomic E-state index is 0.0388. The highest BCUT2D eigenvalue weighted by atomic mass is 32.2. The quantitative estimate of drug-likeness (QED) is 0.604. The first-order chi connectivity index (χ1) is 15.2. The summed E-state index contributed by atoms with van der Waals surface area (Å²) in [6.07, 6.45) is 0.684. The molecule has 1 aliphatic heterocycles. The van der Waals surface area contributed by atoms with Crippen LogP contribution in [0.25, 0.3) is 0 Å². The molecule has 1 heterocycles. The zero-order chi connectivity index (χ0) is 23.0. The van der Waals surface area contributed by atoms with E-state index < -0.39 is 10.0 Å². The molecule has 0 bridgehead atoms. The van der Waals surface area contributed by atoms with Crippen LogP contribution >= 0.6 is 0 Å². The molecule has 3 aromatic carbocycles. The highest BCUT2D eigenvalue weighted by Gasteiger charge is 2.27. The maximum atomic E-state index is 13.1. The first kappa shape index (κ1) is 21.7. The predicted molar refractivity (Wildman–Crippen MR) is 124 cm³/mol. The van der Waals surface area contributed by atoms with Crippen molar-refractivity contribution in [3.8, 4) is 17.2 Å². The van der Waals surface area contributed by atoms with E-state index in [1.807, 2.05) is 38.1 Å². The molecule has 7 nitrogen and oxygen atoms in total. The number of aryl methyl sites for hydroxylation is 2. The van der Waals surface area contributed by atoms with E-state index in [9.17, 15) is 13.2 Å². The molecule has 166 valence electrons. The molecule has 0 aromatic heterocycles. The summed E-state index contributed by atoms with van der Waals surface area (Å²) >= 11 is 0. The van der Waals surface area contributed by atoms with E-state index in [0.29, 0.717) is 23.6 Å². The monoisotopic (exact) mass is 452 g/mol. The fourth-order valence-corrected chi connectivity index (χ4v) is 4.87. The zero-order valence-electron chi connectivity index (χ0n) is 18.3. The minimum Gasteiger partial charge on any atom is -0.495 e. The average Bonchev–Trinajstić information content (AvgIpc) is 2.88. The summed E-state index contributed by atoms with van der Waals surface area (Å²) in [6.45, 7) is 3.88. The van der Waals surface area contributed by atoms with Crippen LogP contribution in [0.4, 0.5) is 11.4 Å². The molecule has 0 radical (unpaired) electrons. The van der Waals surface area contributed by atoms with Gasteiger partial charge in [-0.3, -0.25) is 9.52 Å². The van der Waals surface area contributed by atoms with Crippen molar-refractivity contribution in [1.29, 1.82) is 0 Å². The van der Waals surface area contributed by atoms with Crippen molar-refractivity contribution >= 4 is 27.3 Å². The maximum Gasteiger partial charge on any atom is 0.265 e. The number of anilines is 2. The van der Waals surface area contributed by atoms with Crippen LogP contribution in [0.3, 0.4) is 0 Å². The number of ether oxygens (including phenoxy) is 2. The number of methoxy groups -OCH3 is 1. The van der Waals surface area contributed by atoms with Gasteiger partial charge in [0.25, 0.3) is 15.9 Å². The number of fused-ring (bicyclic) bond motifs is 2. The number of nitrogens with zero attached hydrogens (tertiary/aromatic N) is 1. The Labute approximate surface area is 187 Å². The number of amides is 1. The molecule has 0 aliphatic carbocycles. The SMILES string of the molecule is CCc1ccc(OC)c(S(=O)(=O)Nc2ccc3c(c2)C(=O)N(C)c2cc(C)ccc2O3)c1. The standard InChI is InChI=1S/C24H24N2O5S/c1-5-16-7-10-22(30-4)23(13-16)32(28,29)25-17-8-11-20-18(14-17)24(27)26(3)19-12-15(2)6-9-21(19)31-20/h6-14,25H,5H2,1-4H3. The van der Waals surface area contributed by atoms with Crippen molar-refractivity contribution in [3.05, 3.63) is 71.3 Å². The Morgan fingerprint density at radius 1 is 1.03 bits per heavy atom. The number of carbonyl (C=O) groups excluding carboxylic acids is 1. The molecule has 1 aliphatic rings. The van der Waals surface area contributed by atoms with Crippen LogP contribution < -0.4 is 19.1 Å². The minimum atomic E-state index is -3.96. The lowest BCUT2D eigenvalue weighted by Gasteiger charge is -2.17. The second-order valence-corrected chi connectivity index (χ2v) is 9.24. The lowest BCUT2D eigenvalue weighted by atomic mass is 10.1. The molecular weight excluding hydrogens is 428 g/mol. The van der Waals surface area contributed by atoms with Crippen LogP contribution in [0, 0.1) is 6.92 Å². The third-order valence-electron chi connectivity index (χ3n) is 5.39. The summed E-state index contributed by atoms with van der Waals surface area (Å²) in [5, 5.41) is 0. The molecule has 0 unspecified atom stereocenters. The third kappa shape index (κ3) is 3.89. The number of rotatable bonds is 5. The Kier molecular flexibility index (Phi) is 5.56. The number of sulfonamides is 1. The van der Waals surface area contributed by atoms with Crippen LogP contribution in [-0.4, -0.2) is 28.5 Å². The Hall–Kier alpha value is -3.52. The van der Waals surface area contributed by atoms with E-state index in [2.05, 4.69) is 4.72 Å². The average molecular weight is 453 g/mol.